The molecule has 1 aliphatic heterocycles. The summed E-state index contributed by atoms with van der Waals surface area (Å²) in [6, 6.07) is 12.6. The van der Waals surface area contributed by atoms with E-state index in [0.29, 0.717) is 46.7 Å². The van der Waals surface area contributed by atoms with Gasteiger partial charge in [-0.3, -0.25) is 4.72 Å². The second-order valence-electron chi connectivity index (χ2n) is 10.5. The summed E-state index contributed by atoms with van der Waals surface area (Å²) in [4.78, 5) is 13.6. The van der Waals surface area contributed by atoms with E-state index in [1.165, 1.54) is 0 Å². The van der Waals surface area contributed by atoms with Gasteiger partial charge >= 0.3 is 0 Å². The predicted molar refractivity (Wildman–Crippen MR) is 160 cm³/mol. The van der Waals surface area contributed by atoms with Crippen molar-refractivity contribution >= 4 is 32.4 Å². The van der Waals surface area contributed by atoms with Crippen LogP contribution in [-0.2, 0) is 10.0 Å². The highest BCUT2D eigenvalue weighted by atomic mass is 32.2. The van der Waals surface area contributed by atoms with Crippen LogP contribution in [0.2, 0.25) is 0 Å². The van der Waals surface area contributed by atoms with Crippen LogP contribution in [0.5, 0.6) is 11.6 Å². The van der Waals surface area contributed by atoms with Gasteiger partial charge in [0.25, 0.3) is 0 Å². The minimum atomic E-state index is -3.73. The SMILES string of the molecule is CCCCS(=O)(=O)Nc1c(F)c(C)c(Oc2ncccc2-c2ccnc(N[C@@H]3CNC[C@H](C)C3)n2)c2ccccc12. The predicted octanol–water partition coefficient (Wildman–Crippen LogP) is 5.88. The van der Waals surface area contributed by atoms with Crippen LogP contribution in [0.3, 0.4) is 0 Å². The number of halogens is 1. The normalized spacial score (nSPS) is 17.4. The van der Waals surface area contributed by atoms with Crippen molar-refractivity contribution in [3.05, 3.63) is 66.2 Å². The van der Waals surface area contributed by atoms with Crippen LogP contribution in [0.25, 0.3) is 22.0 Å². The van der Waals surface area contributed by atoms with E-state index >= 15 is 4.39 Å². The number of nitrogens with zero attached hydrogens (tertiary/aromatic N) is 3. The van der Waals surface area contributed by atoms with Gasteiger partial charge in [-0.25, -0.2) is 27.8 Å². The second-order valence-corrected chi connectivity index (χ2v) is 12.4. The Kier molecular flexibility index (Phi) is 8.65. The Morgan fingerprint density at radius 1 is 1.07 bits per heavy atom. The fraction of sp³-hybridized carbons (Fsp3) is 0.367. The van der Waals surface area contributed by atoms with Gasteiger partial charge in [-0.2, -0.15) is 0 Å². The van der Waals surface area contributed by atoms with Gasteiger partial charge in [-0.05, 0) is 50.4 Å². The molecule has 2 aromatic heterocycles. The molecular weight excluding hydrogens is 543 g/mol. The summed E-state index contributed by atoms with van der Waals surface area (Å²) in [5.74, 6) is 0.779. The van der Waals surface area contributed by atoms with Crippen molar-refractivity contribution in [2.24, 2.45) is 5.92 Å². The molecule has 4 aromatic rings. The first kappa shape index (κ1) is 28.7. The molecule has 0 radical (unpaired) electrons. The number of hydrogen-bond donors (Lipinski definition) is 3. The maximum Gasteiger partial charge on any atom is 0.232 e. The van der Waals surface area contributed by atoms with Crippen molar-refractivity contribution < 1.29 is 17.5 Å². The molecule has 9 nitrogen and oxygen atoms in total. The number of aromatic nitrogens is 3. The van der Waals surface area contributed by atoms with E-state index < -0.39 is 15.8 Å². The number of ether oxygens (including phenoxy) is 1. The van der Waals surface area contributed by atoms with Gasteiger partial charge in [0.15, 0.2) is 5.82 Å². The maximum absolute atomic E-state index is 15.8. The Morgan fingerprint density at radius 3 is 2.66 bits per heavy atom. The molecule has 0 bridgehead atoms. The van der Waals surface area contributed by atoms with Gasteiger partial charge < -0.3 is 15.4 Å². The number of unbranched alkanes of at least 4 members (excludes halogenated alkanes) is 1. The number of rotatable bonds is 10. The zero-order chi connectivity index (χ0) is 29.0. The molecule has 216 valence electrons. The van der Waals surface area contributed by atoms with Crippen LogP contribution in [-0.4, -0.2) is 48.3 Å². The van der Waals surface area contributed by atoms with Crippen LogP contribution >= 0.6 is 0 Å². The first-order chi connectivity index (χ1) is 19.8. The maximum atomic E-state index is 15.8. The molecular formula is C30H35FN6O3S. The third kappa shape index (κ3) is 6.57. The highest BCUT2D eigenvalue weighted by molar-refractivity contribution is 7.92. The molecule has 0 aliphatic carbocycles. The lowest BCUT2D eigenvalue weighted by atomic mass is 9.98. The number of fused-ring (bicyclic) bond motifs is 1. The molecule has 1 aliphatic rings. The summed E-state index contributed by atoms with van der Waals surface area (Å²) in [6.45, 7) is 7.51. The van der Waals surface area contributed by atoms with E-state index in [9.17, 15) is 8.42 Å². The summed E-state index contributed by atoms with van der Waals surface area (Å²) in [5, 5.41) is 7.79. The zero-order valence-electron chi connectivity index (χ0n) is 23.4. The Hall–Kier alpha value is -3.83. The van der Waals surface area contributed by atoms with Gasteiger partial charge in [0, 0.05) is 41.3 Å². The van der Waals surface area contributed by atoms with Crippen LogP contribution in [0.15, 0.2) is 54.9 Å². The standard InChI is InChI=1S/C30H35FN6O3S/c1-4-5-15-41(38,39)37-27-22-9-6-7-10-23(22)28(20(3)26(27)31)40-29-24(11-8-13-33-29)25-12-14-34-30(36-25)35-21-16-19(2)17-32-18-21/h6-14,19,21,32,37H,4-5,15-18H2,1-3H3,(H,34,35,36)/t19-,21+/m1/s1. The van der Waals surface area contributed by atoms with Crippen LogP contribution < -0.4 is 20.1 Å². The summed E-state index contributed by atoms with van der Waals surface area (Å²) in [7, 11) is -3.73. The van der Waals surface area contributed by atoms with Gasteiger partial charge in [0.2, 0.25) is 21.9 Å². The molecule has 2 aromatic carbocycles. The Morgan fingerprint density at radius 2 is 1.88 bits per heavy atom. The smallest absolute Gasteiger partial charge is 0.232 e. The molecule has 2 atom stereocenters. The third-order valence-electron chi connectivity index (χ3n) is 7.16. The first-order valence-electron chi connectivity index (χ1n) is 13.9. The quantitative estimate of drug-likeness (QED) is 0.213. The lowest BCUT2D eigenvalue weighted by Crippen LogP contribution is -2.42. The summed E-state index contributed by atoms with van der Waals surface area (Å²) < 4.78 is 50.0. The third-order valence-corrected chi connectivity index (χ3v) is 8.50. The largest absolute Gasteiger partial charge is 0.437 e. The van der Waals surface area contributed by atoms with Gasteiger partial charge in [-0.15, -0.1) is 0 Å². The van der Waals surface area contributed by atoms with Crippen molar-refractivity contribution in [1.82, 2.24) is 20.3 Å². The molecule has 1 fully saturated rings. The molecule has 0 amide bonds. The molecule has 3 heterocycles. The van der Waals surface area contributed by atoms with Crippen LogP contribution in [0.1, 0.15) is 38.7 Å². The number of nitrogens with one attached hydrogen (secondary N) is 3. The van der Waals surface area contributed by atoms with Crippen molar-refractivity contribution in [3.63, 3.8) is 0 Å². The number of piperidine rings is 1. The molecule has 0 spiro atoms. The zero-order valence-corrected chi connectivity index (χ0v) is 24.3. The molecule has 0 saturated carbocycles. The molecule has 0 unspecified atom stereocenters. The topological polar surface area (TPSA) is 118 Å². The van der Waals surface area contributed by atoms with E-state index in [1.807, 2.05) is 13.0 Å². The Labute approximate surface area is 240 Å². The van der Waals surface area contributed by atoms with Crippen LogP contribution in [0, 0.1) is 18.7 Å². The average Bonchev–Trinajstić information content (AvgIpc) is 2.97. The van der Waals surface area contributed by atoms with E-state index in [4.69, 9.17) is 9.72 Å². The highest BCUT2D eigenvalue weighted by Crippen LogP contribution is 2.42. The lowest BCUT2D eigenvalue weighted by molar-refractivity contribution is 0.377. The van der Waals surface area contributed by atoms with Gasteiger partial charge in [0.1, 0.15) is 5.75 Å². The minimum Gasteiger partial charge on any atom is -0.437 e. The van der Waals surface area contributed by atoms with Gasteiger partial charge in [0.05, 0.1) is 22.7 Å². The summed E-state index contributed by atoms with van der Waals surface area (Å²) in [5.41, 5.74) is 1.30. The highest BCUT2D eigenvalue weighted by Gasteiger charge is 2.24. The molecule has 41 heavy (non-hydrogen) atoms. The number of hydrogen-bond acceptors (Lipinski definition) is 8. The average molecular weight is 579 g/mol. The number of anilines is 2. The first-order valence-corrected chi connectivity index (χ1v) is 15.6. The Bertz CT molecular complexity index is 1650. The van der Waals surface area contributed by atoms with Crippen molar-refractivity contribution in [3.8, 4) is 22.9 Å². The number of pyridine rings is 1. The number of sulfonamides is 1. The van der Waals surface area contributed by atoms with Crippen molar-refractivity contribution in [1.29, 1.82) is 0 Å². The minimum absolute atomic E-state index is 0.0826. The van der Waals surface area contributed by atoms with Crippen LogP contribution in [0.4, 0.5) is 16.0 Å². The monoisotopic (exact) mass is 578 g/mol. The number of benzene rings is 2. The van der Waals surface area contributed by atoms with E-state index in [-0.39, 0.29) is 34.7 Å². The molecule has 3 N–H and O–H groups in total. The fourth-order valence-electron chi connectivity index (χ4n) is 5.07. The van der Waals surface area contributed by atoms with E-state index in [1.54, 1.807) is 55.7 Å². The fourth-order valence-corrected chi connectivity index (χ4v) is 6.35. The van der Waals surface area contributed by atoms with E-state index in [2.05, 4.69) is 32.2 Å². The van der Waals surface area contributed by atoms with E-state index in [0.717, 1.165) is 19.5 Å². The van der Waals surface area contributed by atoms with Crippen molar-refractivity contribution in [2.75, 3.05) is 28.9 Å². The second kappa shape index (κ2) is 12.4. The lowest BCUT2D eigenvalue weighted by Gasteiger charge is -2.28. The molecule has 5 rings (SSSR count). The summed E-state index contributed by atoms with van der Waals surface area (Å²) in [6.07, 6.45) is 5.49. The summed E-state index contributed by atoms with van der Waals surface area (Å²) >= 11 is 0. The molecule has 11 heteroatoms. The van der Waals surface area contributed by atoms with Gasteiger partial charge in [-0.1, -0.05) is 44.5 Å². The molecule has 1 saturated heterocycles. The van der Waals surface area contributed by atoms with Crippen molar-refractivity contribution in [2.45, 2.75) is 46.1 Å². The Balaban J connectivity index is 1.50.